The Morgan fingerprint density at radius 2 is 1.58 bits per heavy atom. The zero-order valence-corrected chi connectivity index (χ0v) is 18.3. The van der Waals surface area contributed by atoms with Crippen molar-refractivity contribution >= 4 is 23.5 Å². The maximum absolute atomic E-state index is 13.1. The van der Waals surface area contributed by atoms with E-state index in [9.17, 15) is 14.4 Å². The number of hydrogen-bond donors (Lipinski definition) is 2. The van der Waals surface area contributed by atoms with Crippen molar-refractivity contribution in [2.24, 2.45) is 5.73 Å². The number of nitrogens with one attached hydrogen (secondary N) is 1. The maximum Gasteiger partial charge on any atom is 0.342 e. The van der Waals surface area contributed by atoms with E-state index in [1.165, 1.54) is 32.0 Å². The number of benzene rings is 3. The smallest absolute Gasteiger partial charge is 0.342 e. The number of anilines is 1. The third-order valence-electron chi connectivity index (χ3n) is 5.45. The lowest BCUT2D eigenvalue weighted by Gasteiger charge is -2.16. The lowest BCUT2D eigenvalue weighted by atomic mass is 9.98. The Bertz CT molecular complexity index is 1190. The van der Waals surface area contributed by atoms with Gasteiger partial charge < -0.3 is 20.5 Å². The molecule has 0 saturated carbocycles. The van der Waals surface area contributed by atoms with Crippen molar-refractivity contribution in [1.29, 1.82) is 0 Å². The lowest BCUT2D eigenvalue weighted by Crippen LogP contribution is -2.31. The van der Waals surface area contributed by atoms with E-state index in [0.29, 0.717) is 5.69 Å². The minimum absolute atomic E-state index is 0.0172. The van der Waals surface area contributed by atoms with Gasteiger partial charge in [0.2, 0.25) is 5.91 Å². The molecule has 1 atom stereocenters. The van der Waals surface area contributed by atoms with Crippen molar-refractivity contribution in [3.8, 4) is 16.9 Å². The molecule has 1 aliphatic carbocycles. The van der Waals surface area contributed by atoms with E-state index in [1.54, 1.807) is 0 Å². The van der Waals surface area contributed by atoms with Crippen molar-refractivity contribution < 1.29 is 23.9 Å². The summed E-state index contributed by atoms with van der Waals surface area (Å²) < 4.78 is 11.0. The first-order chi connectivity index (χ1) is 15.8. The molecule has 0 bridgehead atoms. The topological polar surface area (TPSA) is 108 Å². The van der Waals surface area contributed by atoms with Crippen LogP contribution in [0.2, 0.25) is 0 Å². The Labute approximate surface area is 191 Å². The molecule has 7 heteroatoms. The second kappa shape index (κ2) is 9.26. The molecule has 3 aromatic rings. The average molecular weight is 444 g/mol. The third-order valence-corrected chi connectivity index (χ3v) is 5.45. The first-order valence-corrected chi connectivity index (χ1v) is 10.6. The zero-order chi connectivity index (χ0) is 23.5. The molecule has 3 aromatic carbocycles. The number of carbonyl (C=O) groups is 3. The van der Waals surface area contributed by atoms with Crippen LogP contribution in [0.4, 0.5) is 5.69 Å². The van der Waals surface area contributed by atoms with Gasteiger partial charge in [0.25, 0.3) is 0 Å². The van der Waals surface area contributed by atoms with Gasteiger partial charge in [-0.2, -0.15) is 0 Å². The van der Waals surface area contributed by atoms with Gasteiger partial charge in [-0.15, -0.1) is 0 Å². The Morgan fingerprint density at radius 3 is 2.15 bits per heavy atom. The molecule has 0 saturated heterocycles. The molecule has 7 nitrogen and oxygen atoms in total. The number of carbonyl (C=O) groups excluding carboxylic acids is 3. The summed E-state index contributed by atoms with van der Waals surface area (Å²) >= 11 is 0. The van der Waals surface area contributed by atoms with Crippen LogP contribution in [-0.4, -0.2) is 30.5 Å². The van der Waals surface area contributed by atoms with Gasteiger partial charge in [0, 0.05) is 18.5 Å². The molecule has 0 heterocycles. The quantitative estimate of drug-likeness (QED) is 0.441. The fraction of sp³-hybridized carbons (Fsp3) is 0.192. The van der Waals surface area contributed by atoms with Gasteiger partial charge >= 0.3 is 11.9 Å². The first kappa shape index (κ1) is 22.2. The van der Waals surface area contributed by atoms with Crippen LogP contribution in [0.1, 0.15) is 41.3 Å². The Hall–Kier alpha value is -3.97. The van der Waals surface area contributed by atoms with Gasteiger partial charge in [-0.3, -0.25) is 4.79 Å². The molecular formula is C26H24N2O5. The van der Waals surface area contributed by atoms with Crippen LogP contribution in [0.3, 0.4) is 0 Å². The molecule has 4 rings (SSSR count). The van der Waals surface area contributed by atoms with E-state index >= 15 is 0 Å². The molecule has 0 fully saturated rings. The summed E-state index contributed by atoms with van der Waals surface area (Å²) in [6.45, 7) is 2.95. The fourth-order valence-electron chi connectivity index (χ4n) is 3.94. The standard InChI is InChI=1S/C26H24N2O5/c1-15(27)25(30)33-24-12-11-17(28-16(2)29)13-22(24)26(31)32-14-23-20-9-5-3-7-18(20)19-8-4-6-10-21(19)23/h3-13,15,23H,14,27H2,1-2H3,(H,28,29)/t15-/m0/s1. The molecular weight excluding hydrogens is 420 g/mol. The van der Waals surface area contributed by atoms with Crippen molar-refractivity contribution in [3.63, 3.8) is 0 Å². The van der Waals surface area contributed by atoms with E-state index in [2.05, 4.69) is 17.4 Å². The van der Waals surface area contributed by atoms with Crippen LogP contribution >= 0.6 is 0 Å². The van der Waals surface area contributed by atoms with Crippen molar-refractivity contribution in [2.75, 3.05) is 11.9 Å². The Balaban J connectivity index is 1.60. The van der Waals surface area contributed by atoms with Gasteiger partial charge in [0.05, 0.1) is 0 Å². The van der Waals surface area contributed by atoms with Gasteiger partial charge in [-0.25, -0.2) is 9.59 Å². The molecule has 3 N–H and O–H groups in total. The highest BCUT2D eigenvalue weighted by Gasteiger charge is 2.29. The van der Waals surface area contributed by atoms with Crippen LogP contribution < -0.4 is 15.8 Å². The summed E-state index contributed by atoms with van der Waals surface area (Å²) in [5.41, 5.74) is 10.4. The predicted octanol–water partition coefficient (Wildman–Crippen LogP) is 3.87. The number of hydrogen-bond acceptors (Lipinski definition) is 6. The number of esters is 2. The number of fused-ring (bicyclic) bond motifs is 3. The lowest BCUT2D eigenvalue weighted by molar-refractivity contribution is -0.135. The highest BCUT2D eigenvalue weighted by Crippen LogP contribution is 2.44. The second-order valence-corrected chi connectivity index (χ2v) is 7.93. The van der Waals surface area contributed by atoms with Gasteiger partial charge in [-0.1, -0.05) is 48.5 Å². The van der Waals surface area contributed by atoms with Crippen molar-refractivity contribution in [1.82, 2.24) is 0 Å². The van der Waals surface area contributed by atoms with Crippen LogP contribution in [-0.2, 0) is 14.3 Å². The Kier molecular flexibility index (Phi) is 6.24. The van der Waals surface area contributed by atoms with Gasteiger partial charge in [0.15, 0.2) is 0 Å². The Morgan fingerprint density at radius 1 is 0.970 bits per heavy atom. The summed E-state index contributed by atoms with van der Waals surface area (Å²) in [6.07, 6.45) is 0. The van der Waals surface area contributed by atoms with E-state index < -0.39 is 18.0 Å². The summed E-state index contributed by atoms with van der Waals surface area (Å²) in [5, 5.41) is 2.61. The first-order valence-electron chi connectivity index (χ1n) is 10.6. The molecule has 1 aliphatic rings. The molecule has 0 aliphatic heterocycles. The van der Waals surface area contributed by atoms with Gasteiger partial charge in [-0.05, 0) is 47.4 Å². The van der Waals surface area contributed by atoms with E-state index in [1.807, 2.05) is 36.4 Å². The normalized spacial score (nSPS) is 12.9. The molecule has 0 radical (unpaired) electrons. The molecule has 33 heavy (non-hydrogen) atoms. The third kappa shape index (κ3) is 4.63. The average Bonchev–Trinajstić information content (AvgIpc) is 3.11. The monoisotopic (exact) mass is 444 g/mol. The molecule has 168 valence electrons. The van der Waals surface area contributed by atoms with E-state index in [-0.39, 0.29) is 29.7 Å². The minimum atomic E-state index is -0.865. The summed E-state index contributed by atoms with van der Waals surface area (Å²) in [6, 6.07) is 19.6. The van der Waals surface area contributed by atoms with E-state index in [0.717, 1.165) is 22.3 Å². The summed E-state index contributed by atoms with van der Waals surface area (Å²) in [7, 11) is 0. The van der Waals surface area contributed by atoms with Crippen LogP contribution in [0.5, 0.6) is 5.75 Å². The van der Waals surface area contributed by atoms with Gasteiger partial charge in [0.1, 0.15) is 24.0 Å². The maximum atomic E-state index is 13.1. The fourth-order valence-corrected chi connectivity index (χ4v) is 3.94. The highest BCUT2D eigenvalue weighted by atomic mass is 16.5. The number of nitrogens with two attached hydrogens (primary N) is 1. The number of ether oxygens (including phenoxy) is 2. The SMILES string of the molecule is CC(=O)Nc1ccc(OC(=O)[C@H](C)N)c(C(=O)OCC2c3ccccc3-c3ccccc32)c1. The van der Waals surface area contributed by atoms with Crippen molar-refractivity contribution in [2.45, 2.75) is 25.8 Å². The summed E-state index contributed by atoms with van der Waals surface area (Å²) in [5.74, 6) is -1.75. The highest BCUT2D eigenvalue weighted by molar-refractivity contribution is 5.97. The minimum Gasteiger partial charge on any atom is -0.461 e. The molecule has 0 spiro atoms. The predicted molar refractivity (Wildman–Crippen MR) is 124 cm³/mol. The second-order valence-electron chi connectivity index (χ2n) is 7.93. The summed E-state index contributed by atoms with van der Waals surface area (Å²) in [4.78, 5) is 36.6. The largest absolute Gasteiger partial charge is 0.461 e. The molecule has 0 unspecified atom stereocenters. The van der Waals surface area contributed by atoms with Crippen molar-refractivity contribution in [3.05, 3.63) is 83.4 Å². The van der Waals surface area contributed by atoms with Crippen LogP contribution in [0, 0.1) is 0 Å². The number of amides is 1. The van der Waals surface area contributed by atoms with Crippen LogP contribution in [0.25, 0.3) is 11.1 Å². The molecule has 1 amide bonds. The van der Waals surface area contributed by atoms with Crippen LogP contribution in [0.15, 0.2) is 66.7 Å². The molecule has 0 aromatic heterocycles. The number of rotatable bonds is 6. The zero-order valence-electron chi connectivity index (χ0n) is 18.3. The van der Waals surface area contributed by atoms with E-state index in [4.69, 9.17) is 15.2 Å².